The van der Waals surface area contributed by atoms with Crippen LogP contribution in [-0.4, -0.2) is 55.1 Å². The Hall–Kier alpha value is -2.09. The lowest BCUT2D eigenvalue weighted by Crippen LogP contribution is -2.36. The number of rotatable bonds is 3. The molecule has 8 heteroatoms. The maximum absolute atomic E-state index is 12.2. The number of benzene rings is 1. The van der Waals surface area contributed by atoms with Crippen LogP contribution >= 0.6 is 0 Å². The van der Waals surface area contributed by atoms with E-state index in [1.807, 2.05) is 30.3 Å². The molecule has 0 aromatic heterocycles. The van der Waals surface area contributed by atoms with Gasteiger partial charge in [0.05, 0.1) is 17.4 Å². The van der Waals surface area contributed by atoms with E-state index in [0.717, 1.165) is 5.56 Å². The van der Waals surface area contributed by atoms with Gasteiger partial charge >= 0.3 is 12.1 Å². The molecule has 24 heavy (non-hydrogen) atoms. The number of hydrogen-bond acceptors (Lipinski definition) is 5. The summed E-state index contributed by atoms with van der Waals surface area (Å²) in [6.07, 6.45) is -0.333. The van der Waals surface area contributed by atoms with Crippen LogP contribution in [-0.2, 0) is 26.0 Å². The molecule has 0 bridgehead atoms. The van der Waals surface area contributed by atoms with Gasteiger partial charge in [-0.1, -0.05) is 30.3 Å². The molecule has 2 fully saturated rings. The van der Waals surface area contributed by atoms with Crippen LogP contribution in [0.1, 0.15) is 12.0 Å². The fourth-order valence-corrected chi connectivity index (χ4v) is 5.77. The highest BCUT2D eigenvalue weighted by molar-refractivity contribution is 7.91. The molecule has 0 saturated carbocycles. The standard InChI is InChI=1S/C16H19NO6S/c18-14(19)13-8-17(10-16(13)6-7-24(21,22)11-16)15(20)23-9-12-4-2-1-3-5-12/h1-5,13H,6-11H2,(H,18,19). The second kappa shape index (κ2) is 6.08. The quantitative estimate of drug-likeness (QED) is 0.875. The maximum Gasteiger partial charge on any atom is 0.410 e. The van der Waals surface area contributed by atoms with Gasteiger partial charge in [-0.15, -0.1) is 0 Å². The number of carbonyl (C=O) groups is 2. The fraction of sp³-hybridized carbons (Fsp3) is 0.500. The molecule has 2 unspecified atom stereocenters. The lowest BCUT2D eigenvalue weighted by atomic mass is 9.78. The van der Waals surface area contributed by atoms with Crippen molar-refractivity contribution in [3.63, 3.8) is 0 Å². The van der Waals surface area contributed by atoms with Gasteiger partial charge in [0.15, 0.2) is 9.84 Å². The third-order valence-corrected chi connectivity index (χ3v) is 6.67. The zero-order valence-corrected chi connectivity index (χ0v) is 13.9. The Balaban J connectivity index is 1.69. The monoisotopic (exact) mass is 353 g/mol. The minimum atomic E-state index is -3.25. The van der Waals surface area contributed by atoms with Crippen LogP contribution in [0.4, 0.5) is 4.79 Å². The summed E-state index contributed by atoms with van der Waals surface area (Å²) in [5.74, 6) is -2.15. The SMILES string of the molecule is O=C(O)C1CN(C(=O)OCc2ccccc2)CC12CCS(=O)(=O)C2. The summed E-state index contributed by atoms with van der Waals surface area (Å²) in [6.45, 7) is 0.189. The van der Waals surface area contributed by atoms with E-state index in [1.165, 1.54) is 4.90 Å². The van der Waals surface area contributed by atoms with E-state index in [-0.39, 0.29) is 37.6 Å². The highest BCUT2D eigenvalue weighted by Gasteiger charge is 2.57. The van der Waals surface area contributed by atoms with E-state index in [1.54, 1.807) is 0 Å². The van der Waals surface area contributed by atoms with Crippen molar-refractivity contribution in [3.8, 4) is 0 Å². The molecule has 2 aliphatic rings. The normalized spacial score (nSPS) is 28.2. The molecule has 1 spiro atoms. The van der Waals surface area contributed by atoms with Crippen molar-refractivity contribution < 1.29 is 27.9 Å². The van der Waals surface area contributed by atoms with Crippen LogP contribution in [0.5, 0.6) is 0 Å². The number of amides is 1. The summed E-state index contributed by atoms with van der Waals surface area (Å²) in [5.41, 5.74) is -0.0610. The van der Waals surface area contributed by atoms with Crippen molar-refractivity contribution in [2.75, 3.05) is 24.6 Å². The van der Waals surface area contributed by atoms with Crippen LogP contribution < -0.4 is 0 Å². The van der Waals surface area contributed by atoms with Crippen LogP contribution in [0.25, 0.3) is 0 Å². The second-order valence-electron chi connectivity index (χ2n) is 6.52. The molecule has 1 aromatic carbocycles. The van der Waals surface area contributed by atoms with Crippen molar-refractivity contribution in [2.45, 2.75) is 13.0 Å². The molecule has 2 heterocycles. The molecule has 7 nitrogen and oxygen atoms in total. The van der Waals surface area contributed by atoms with Gasteiger partial charge in [-0.2, -0.15) is 0 Å². The van der Waals surface area contributed by atoms with Gasteiger partial charge in [0.2, 0.25) is 0 Å². The van der Waals surface area contributed by atoms with E-state index in [2.05, 4.69) is 0 Å². The summed E-state index contributed by atoms with van der Waals surface area (Å²) in [4.78, 5) is 25.1. The number of carboxylic acids is 1. The average molecular weight is 353 g/mol. The Morgan fingerprint density at radius 2 is 2.00 bits per heavy atom. The summed E-state index contributed by atoms with van der Waals surface area (Å²) < 4.78 is 28.9. The molecule has 2 saturated heterocycles. The molecule has 3 rings (SSSR count). The molecule has 2 aliphatic heterocycles. The number of nitrogens with zero attached hydrogens (tertiary/aromatic N) is 1. The first-order valence-corrected chi connectivity index (χ1v) is 9.52. The zero-order valence-electron chi connectivity index (χ0n) is 13.1. The maximum atomic E-state index is 12.2. The molecule has 1 amide bonds. The Kier molecular flexibility index (Phi) is 4.25. The Morgan fingerprint density at radius 1 is 1.29 bits per heavy atom. The van der Waals surface area contributed by atoms with Crippen LogP contribution in [0.3, 0.4) is 0 Å². The first kappa shape index (κ1) is 16.8. The lowest BCUT2D eigenvalue weighted by molar-refractivity contribution is -0.144. The minimum Gasteiger partial charge on any atom is -0.481 e. The number of carboxylic acid groups (broad SMARTS) is 1. The number of carbonyl (C=O) groups excluding carboxylic acids is 1. The molecular formula is C16H19NO6S. The summed E-state index contributed by atoms with van der Waals surface area (Å²) in [7, 11) is -3.25. The molecule has 0 aliphatic carbocycles. The summed E-state index contributed by atoms with van der Waals surface area (Å²) in [6, 6.07) is 9.16. The average Bonchev–Trinajstić information content (AvgIpc) is 3.06. The lowest BCUT2D eigenvalue weighted by Gasteiger charge is -2.25. The van der Waals surface area contributed by atoms with Crippen molar-refractivity contribution >= 4 is 21.9 Å². The smallest absolute Gasteiger partial charge is 0.410 e. The van der Waals surface area contributed by atoms with E-state index in [0.29, 0.717) is 0 Å². The van der Waals surface area contributed by atoms with Crippen LogP contribution in [0.15, 0.2) is 30.3 Å². The first-order valence-electron chi connectivity index (χ1n) is 7.70. The van der Waals surface area contributed by atoms with Gasteiger partial charge in [0, 0.05) is 18.5 Å². The van der Waals surface area contributed by atoms with E-state index in [9.17, 15) is 23.1 Å². The van der Waals surface area contributed by atoms with Crippen molar-refractivity contribution in [3.05, 3.63) is 35.9 Å². The first-order chi connectivity index (χ1) is 11.3. The van der Waals surface area contributed by atoms with Gasteiger partial charge in [-0.3, -0.25) is 4.79 Å². The van der Waals surface area contributed by atoms with Crippen molar-refractivity contribution in [1.29, 1.82) is 0 Å². The largest absolute Gasteiger partial charge is 0.481 e. The van der Waals surface area contributed by atoms with E-state index < -0.39 is 33.2 Å². The van der Waals surface area contributed by atoms with E-state index in [4.69, 9.17) is 4.74 Å². The van der Waals surface area contributed by atoms with Crippen molar-refractivity contribution in [2.24, 2.45) is 11.3 Å². The Morgan fingerprint density at radius 3 is 2.58 bits per heavy atom. The number of likely N-dealkylation sites (tertiary alicyclic amines) is 1. The van der Waals surface area contributed by atoms with Gasteiger partial charge < -0.3 is 14.7 Å². The molecule has 1 N–H and O–H groups in total. The molecule has 2 atom stereocenters. The van der Waals surface area contributed by atoms with Gasteiger partial charge in [0.25, 0.3) is 0 Å². The molecule has 0 radical (unpaired) electrons. The highest BCUT2D eigenvalue weighted by Crippen LogP contribution is 2.45. The molecule has 1 aromatic rings. The Labute approximate surface area is 140 Å². The predicted octanol–water partition coefficient (Wildman–Crippen LogP) is 1.14. The summed E-state index contributed by atoms with van der Waals surface area (Å²) in [5, 5.41) is 9.44. The van der Waals surface area contributed by atoms with Gasteiger partial charge in [-0.25, -0.2) is 13.2 Å². The van der Waals surface area contributed by atoms with E-state index >= 15 is 0 Å². The minimum absolute atomic E-state index is 0.0154. The zero-order chi connectivity index (χ0) is 17.4. The highest BCUT2D eigenvalue weighted by atomic mass is 32.2. The fourth-order valence-electron chi connectivity index (χ4n) is 3.60. The third-order valence-electron chi connectivity index (χ3n) is 4.83. The number of sulfone groups is 1. The van der Waals surface area contributed by atoms with Gasteiger partial charge in [0.1, 0.15) is 6.61 Å². The predicted molar refractivity (Wildman–Crippen MR) is 85.0 cm³/mol. The number of aliphatic carboxylic acids is 1. The Bertz CT molecular complexity index is 747. The molecular weight excluding hydrogens is 334 g/mol. The second-order valence-corrected chi connectivity index (χ2v) is 8.70. The third kappa shape index (κ3) is 3.24. The summed E-state index contributed by atoms with van der Waals surface area (Å²) >= 11 is 0. The number of hydrogen-bond donors (Lipinski definition) is 1. The topological polar surface area (TPSA) is 101 Å². The van der Waals surface area contributed by atoms with Gasteiger partial charge in [-0.05, 0) is 12.0 Å². The van der Waals surface area contributed by atoms with Crippen LogP contribution in [0.2, 0.25) is 0 Å². The number of ether oxygens (including phenoxy) is 1. The van der Waals surface area contributed by atoms with Crippen molar-refractivity contribution in [1.82, 2.24) is 4.90 Å². The molecule has 130 valence electrons. The van der Waals surface area contributed by atoms with Crippen LogP contribution in [0, 0.1) is 11.3 Å².